The Kier molecular flexibility index (Phi) is 11.4. The number of para-hydroxylation sites is 1. The summed E-state index contributed by atoms with van der Waals surface area (Å²) in [5, 5.41) is 4.85. The van der Waals surface area contributed by atoms with E-state index in [0.717, 1.165) is 42.5 Å². The van der Waals surface area contributed by atoms with Gasteiger partial charge >= 0.3 is 0 Å². The minimum atomic E-state index is 1.04. The van der Waals surface area contributed by atoms with Crippen molar-refractivity contribution in [3.63, 3.8) is 0 Å². The van der Waals surface area contributed by atoms with Gasteiger partial charge in [-0.25, -0.2) is 0 Å². The summed E-state index contributed by atoms with van der Waals surface area (Å²) >= 11 is 0. The maximum absolute atomic E-state index is 3.95. The second kappa shape index (κ2) is 18.0. The Morgan fingerprint density at radius 1 is 0.583 bits per heavy atom. The van der Waals surface area contributed by atoms with Gasteiger partial charge < -0.3 is 9.88 Å². The van der Waals surface area contributed by atoms with Crippen LogP contribution in [0.3, 0.4) is 0 Å². The molecule has 8 aromatic rings. The lowest BCUT2D eigenvalue weighted by Crippen LogP contribution is -2.06. The molecule has 10 rings (SSSR count). The van der Waals surface area contributed by atoms with E-state index in [1.807, 2.05) is 24.4 Å². The monoisotopic (exact) mass is 772 g/mol. The van der Waals surface area contributed by atoms with Crippen LogP contribution < -0.4 is 5.32 Å². The van der Waals surface area contributed by atoms with Gasteiger partial charge in [0.2, 0.25) is 0 Å². The van der Waals surface area contributed by atoms with Gasteiger partial charge in [-0.2, -0.15) is 0 Å². The zero-order valence-corrected chi connectivity index (χ0v) is 33.8. The van der Waals surface area contributed by atoms with E-state index in [1.54, 1.807) is 0 Å². The van der Waals surface area contributed by atoms with Crippen molar-refractivity contribution in [3.05, 3.63) is 253 Å². The molecule has 0 amide bonds. The average molecular weight is 773 g/mol. The molecule has 2 heteroatoms. The first-order valence-corrected chi connectivity index (χ1v) is 21.0. The third-order valence-corrected chi connectivity index (χ3v) is 11.5. The van der Waals surface area contributed by atoms with Crippen molar-refractivity contribution in [2.75, 3.05) is 5.32 Å². The van der Waals surface area contributed by atoms with Gasteiger partial charge in [0.1, 0.15) is 0 Å². The van der Waals surface area contributed by atoms with Crippen molar-refractivity contribution < 1.29 is 0 Å². The van der Waals surface area contributed by atoms with Gasteiger partial charge in [-0.05, 0) is 118 Å². The highest BCUT2D eigenvalue weighted by Gasteiger charge is 2.24. The molecule has 1 heterocycles. The summed E-state index contributed by atoms with van der Waals surface area (Å²) in [5.41, 5.74) is 18.8. The Hall–Kier alpha value is -7.42. The molecule has 1 aromatic heterocycles. The average Bonchev–Trinajstić information content (AvgIpc) is 3.67. The zero-order chi connectivity index (χ0) is 40.5. The molecule has 2 aliphatic carbocycles. The number of hydrogen-bond acceptors (Lipinski definition) is 1. The lowest BCUT2D eigenvalue weighted by atomic mass is 9.89. The van der Waals surface area contributed by atoms with E-state index in [4.69, 9.17) is 0 Å². The maximum Gasteiger partial charge on any atom is 0.0575 e. The molecule has 1 N–H and O–H groups in total. The molecule has 0 atom stereocenters. The number of aromatic nitrogens is 1. The van der Waals surface area contributed by atoms with Crippen LogP contribution in [-0.2, 0) is 12.8 Å². The molecule has 0 fully saturated rings. The Morgan fingerprint density at radius 3 is 1.98 bits per heavy atom. The summed E-state index contributed by atoms with van der Waals surface area (Å²) < 4.78 is 2.46. The van der Waals surface area contributed by atoms with Crippen molar-refractivity contribution in [2.24, 2.45) is 0 Å². The number of nitrogens with zero attached hydrogens (tertiary/aromatic N) is 1. The second-order valence-electron chi connectivity index (χ2n) is 15.2. The van der Waals surface area contributed by atoms with Crippen LogP contribution in [0.5, 0.6) is 0 Å². The SMILES string of the molecule is C=C/C=C(\C=C/Nc1cccc(-c2ccc(-n3c4c(c5ccccc53)CCc3ccccc3-4)cc2)c1)c1ccc(C2=CCCC=C2)cc1.c1ccc(-c2ccccc2)cc1. The Morgan fingerprint density at radius 2 is 1.25 bits per heavy atom. The van der Waals surface area contributed by atoms with E-state index in [-0.39, 0.29) is 0 Å². The van der Waals surface area contributed by atoms with E-state index in [0.29, 0.717) is 0 Å². The lowest BCUT2D eigenvalue weighted by molar-refractivity contribution is 0.934. The van der Waals surface area contributed by atoms with E-state index in [9.17, 15) is 0 Å². The summed E-state index contributed by atoms with van der Waals surface area (Å²) in [6.45, 7) is 3.95. The molecule has 0 saturated heterocycles. The summed E-state index contributed by atoms with van der Waals surface area (Å²) in [6, 6.07) is 64.9. The smallest absolute Gasteiger partial charge is 0.0575 e. The van der Waals surface area contributed by atoms with Gasteiger partial charge in [-0.15, -0.1) is 0 Å². The Balaban J connectivity index is 0.000000330. The van der Waals surface area contributed by atoms with E-state index >= 15 is 0 Å². The van der Waals surface area contributed by atoms with Gasteiger partial charge in [0.25, 0.3) is 0 Å². The van der Waals surface area contributed by atoms with Crippen LogP contribution in [0.4, 0.5) is 5.69 Å². The highest BCUT2D eigenvalue weighted by molar-refractivity contribution is 5.95. The van der Waals surface area contributed by atoms with Crippen molar-refractivity contribution in [3.8, 4) is 39.2 Å². The van der Waals surface area contributed by atoms with Gasteiger partial charge in [-0.1, -0.05) is 189 Å². The van der Waals surface area contributed by atoms with Crippen LogP contribution in [0.15, 0.2) is 231 Å². The van der Waals surface area contributed by atoms with Crippen LogP contribution >= 0.6 is 0 Å². The van der Waals surface area contributed by atoms with Crippen molar-refractivity contribution in [1.82, 2.24) is 4.57 Å². The quantitative estimate of drug-likeness (QED) is 0.145. The van der Waals surface area contributed by atoms with Crippen LogP contribution in [0, 0.1) is 0 Å². The minimum Gasteiger partial charge on any atom is -0.362 e. The molecule has 0 saturated carbocycles. The van der Waals surface area contributed by atoms with Gasteiger partial charge in [0, 0.05) is 28.5 Å². The molecule has 0 radical (unpaired) electrons. The van der Waals surface area contributed by atoms with Crippen molar-refractivity contribution in [2.45, 2.75) is 25.7 Å². The molecule has 0 spiro atoms. The van der Waals surface area contributed by atoms with Crippen molar-refractivity contribution >= 4 is 27.7 Å². The van der Waals surface area contributed by atoms with E-state index in [1.165, 1.54) is 72.4 Å². The number of benzene rings is 7. The first kappa shape index (κ1) is 38.1. The predicted molar refractivity (Wildman–Crippen MR) is 257 cm³/mol. The normalized spacial score (nSPS) is 13.2. The summed E-state index contributed by atoms with van der Waals surface area (Å²) in [5.74, 6) is 0. The standard InChI is InChI=1S/C46H38N2.C12H10/c1-2-11-33(35-20-22-36(23-21-35)34-12-4-3-5-13-34)30-31-47-40-16-10-15-39(32-40)37-24-27-41(28-25-37)48-45-19-9-8-18-43(45)44-29-26-38-14-6-7-17-42(38)46(44)48;1-3-7-11(8-4-1)12-9-5-2-6-10-12/h2,4,6-25,27-28,30-32,47H,1,3,5,26,29H2;1-10H/b31-30-,33-11+;. The van der Waals surface area contributed by atoms with E-state index in [2.05, 4.69) is 217 Å². The molecular weight excluding hydrogens is 725 g/mol. The highest BCUT2D eigenvalue weighted by Crippen LogP contribution is 2.42. The number of allylic oxidation sites excluding steroid dienone is 8. The Labute approximate surface area is 354 Å². The summed E-state index contributed by atoms with van der Waals surface area (Å²) in [6.07, 6.45) is 19.2. The van der Waals surface area contributed by atoms with Gasteiger partial charge in [0.05, 0.1) is 11.2 Å². The molecule has 0 bridgehead atoms. The van der Waals surface area contributed by atoms with Gasteiger partial charge in [0.15, 0.2) is 0 Å². The third-order valence-electron chi connectivity index (χ3n) is 11.5. The summed E-state index contributed by atoms with van der Waals surface area (Å²) in [4.78, 5) is 0. The lowest BCUT2D eigenvalue weighted by Gasteiger charge is -2.20. The van der Waals surface area contributed by atoms with E-state index < -0.39 is 0 Å². The fourth-order valence-electron chi connectivity index (χ4n) is 8.48. The fourth-order valence-corrected chi connectivity index (χ4v) is 8.48. The summed E-state index contributed by atoms with van der Waals surface area (Å²) in [7, 11) is 0. The minimum absolute atomic E-state index is 1.04. The predicted octanol–water partition coefficient (Wildman–Crippen LogP) is 15.3. The third kappa shape index (κ3) is 8.27. The molecule has 2 aliphatic rings. The zero-order valence-electron chi connectivity index (χ0n) is 33.8. The topological polar surface area (TPSA) is 17.0 Å². The molecule has 60 heavy (non-hydrogen) atoms. The fraction of sp³-hybridized carbons (Fsp3) is 0.0690. The van der Waals surface area contributed by atoms with Crippen LogP contribution in [0.2, 0.25) is 0 Å². The van der Waals surface area contributed by atoms with Crippen LogP contribution in [-0.4, -0.2) is 4.57 Å². The molecule has 0 aliphatic heterocycles. The van der Waals surface area contributed by atoms with Crippen LogP contribution in [0.1, 0.15) is 35.1 Å². The number of anilines is 1. The molecule has 0 unspecified atom stereocenters. The van der Waals surface area contributed by atoms with Crippen LogP contribution in [0.25, 0.3) is 61.2 Å². The number of fused-ring (bicyclic) bond motifs is 5. The molecule has 7 aromatic carbocycles. The first-order valence-electron chi connectivity index (χ1n) is 21.0. The molecule has 2 nitrogen and oxygen atoms in total. The Bertz CT molecular complexity index is 2830. The number of hydrogen-bond donors (Lipinski definition) is 1. The number of aryl methyl sites for hydroxylation is 2. The largest absolute Gasteiger partial charge is 0.362 e. The van der Waals surface area contributed by atoms with Gasteiger partial charge in [-0.3, -0.25) is 0 Å². The van der Waals surface area contributed by atoms with Crippen molar-refractivity contribution in [1.29, 1.82) is 0 Å². The molecule has 290 valence electrons. The highest BCUT2D eigenvalue weighted by atomic mass is 15.0. The first-order chi connectivity index (χ1) is 29.7. The number of rotatable bonds is 9. The second-order valence-corrected chi connectivity index (χ2v) is 15.2. The number of nitrogens with one attached hydrogen (secondary N) is 1. The molecular formula is C58H48N2. The maximum atomic E-state index is 3.95.